The molecule has 3 aromatic rings. The third-order valence-electron chi connectivity index (χ3n) is 3.74. The first-order valence-corrected chi connectivity index (χ1v) is 7.15. The van der Waals surface area contributed by atoms with E-state index in [1.165, 1.54) is 16.8 Å². The van der Waals surface area contributed by atoms with Crippen molar-refractivity contribution in [1.29, 1.82) is 0 Å². The molecule has 0 aliphatic heterocycles. The Kier molecular flexibility index (Phi) is 3.53. The van der Waals surface area contributed by atoms with Gasteiger partial charge in [-0.3, -0.25) is 4.98 Å². The van der Waals surface area contributed by atoms with Gasteiger partial charge in [0, 0.05) is 17.3 Å². The van der Waals surface area contributed by atoms with Crippen molar-refractivity contribution in [2.75, 3.05) is 0 Å². The fourth-order valence-corrected chi connectivity index (χ4v) is 2.60. The highest BCUT2D eigenvalue weighted by molar-refractivity contribution is 5.64. The lowest BCUT2D eigenvalue weighted by atomic mass is 10.0. The van der Waals surface area contributed by atoms with Gasteiger partial charge in [0.25, 0.3) is 0 Å². The third-order valence-corrected chi connectivity index (χ3v) is 3.74. The van der Waals surface area contributed by atoms with Crippen molar-refractivity contribution >= 4 is 0 Å². The van der Waals surface area contributed by atoms with Crippen LogP contribution < -0.4 is 4.57 Å². The zero-order chi connectivity index (χ0) is 14.8. The minimum atomic E-state index is 1.02. The maximum absolute atomic E-state index is 4.59. The molecule has 21 heavy (non-hydrogen) atoms. The van der Waals surface area contributed by atoms with Crippen LogP contribution in [0.15, 0.2) is 60.8 Å². The fourth-order valence-electron chi connectivity index (χ4n) is 2.60. The number of hydrogen-bond acceptors (Lipinski definition) is 1. The predicted octanol–water partition coefficient (Wildman–Crippen LogP) is 3.86. The summed E-state index contributed by atoms with van der Waals surface area (Å²) in [6, 6.07) is 18.9. The van der Waals surface area contributed by atoms with Gasteiger partial charge in [-0.05, 0) is 43.7 Å². The number of aryl methyl sites for hydroxylation is 3. The topological polar surface area (TPSA) is 16.8 Å². The van der Waals surface area contributed by atoms with E-state index in [0.717, 1.165) is 17.0 Å². The van der Waals surface area contributed by atoms with E-state index in [9.17, 15) is 0 Å². The molecule has 3 rings (SSSR count). The number of benzene rings is 1. The van der Waals surface area contributed by atoms with Crippen LogP contribution in [0.5, 0.6) is 0 Å². The van der Waals surface area contributed by atoms with Gasteiger partial charge >= 0.3 is 0 Å². The Bertz CT molecular complexity index is 791. The standard InChI is InChI=1S/C19H19N2/c1-14-7-4-5-9-17(14)19-12-11-16(13-21(19)3)18-10-6-8-15(2)20-18/h4-13H,1-3H3/q+1. The molecule has 0 spiro atoms. The molecule has 0 fully saturated rings. The van der Waals surface area contributed by atoms with Crippen LogP contribution in [-0.2, 0) is 7.05 Å². The average Bonchev–Trinajstić information content (AvgIpc) is 2.48. The molecule has 0 aliphatic carbocycles. The summed E-state index contributed by atoms with van der Waals surface area (Å²) in [7, 11) is 2.08. The second-order valence-electron chi connectivity index (χ2n) is 5.39. The first-order valence-electron chi connectivity index (χ1n) is 7.15. The average molecular weight is 275 g/mol. The molecule has 2 aromatic heterocycles. The normalized spacial score (nSPS) is 10.6. The Morgan fingerprint density at radius 2 is 1.67 bits per heavy atom. The van der Waals surface area contributed by atoms with Crippen LogP contribution in [0.4, 0.5) is 0 Å². The second kappa shape index (κ2) is 5.49. The SMILES string of the molecule is Cc1cccc(-c2ccc(-c3ccccc3C)[n+](C)c2)n1. The van der Waals surface area contributed by atoms with E-state index in [4.69, 9.17) is 0 Å². The summed E-state index contributed by atoms with van der Waals surface area (Å²) < 4.78 is 2.17. The summed E-state index contributed by atoms with van der Waals surface area (Å²) in [6.07, 6.45) is 2.14. The molecule has 0 radical (unpaired) electrons. The maximum atomic E-state index is 4.59. The van der Waals surface area contributed by atoms with Crippen LogP contribution in [-0.4, -0.2) is 4.98 Å². The summed E-state index contributed by atoms with van der Waals surface area (Å²) in [5, 5.41) is 0. The first kappa shape index (κ1) is 13.5. The first-order chi connectivity index (χ1) is 10.1. The lowest BCUT2D eigenvalue weighted by molar-refractivity contribution is -0.659. The van der Waals surface area contributed by atoms with Crippen LogP contribution in [0.1, 0.15) is 11.3 Å². The summed E-state index contributed by atoms with van der Waals surface area (Å²) in [4.78, 5) is 4.59. The van der Waals surface area contributed by atoms with Gasteiger partial charge in [-0.1, -0.05) is 24.3 Å². The maximum Gasteiger partial charge on any atom is 0.212 e. The molecule has 0 bridgehead atoms. The molecular formula is C19H19N2+. The molecule has 1 aromatic carbocycles. The van der Waals surface area contributed by atoms with Gasteiger partial charge in [-0.15, -0.1) is 0 Å². The second-order valence-corrected chi connectivity index (χ2v) is 5.39. The Morgan fingerprint density at radius 3 is 2.38 bits per heavy atom. The smallest absolute Gasteiger partial charge is 0.212 e. The van der Waals surface area contributed by atoms with E-state index in [0.29, 0.717) is 0 Å². The summed E-state index contributed by atoms with van der Waals surface area (Å²) in [5.41, 5.74) is 6.96. The molecular weight excluding hydrogens is 256 g/mol. The Labute approximate surface area is 125 Å². The molecule has 0 unspecified atom stereocenters. The molecule has 104 valence electrons. The van der Waals surface area contributed by atoms with Gasteiger partial charge in [0.15, 0.2) is 6.20 Å². The predicted molar refractivity (Wildman–Crippen MR) is 85.8 cm³/mol. The lowest BCUT2D eigenvalue weighted by Gasteiger charge is -2.06. The summed E-state index contributed by atoms with van der Waals surface area (Å²) in [6.45, 7) is 4.16. The minimum Gasteiger partial charge on any atom is -0.253 e. The summed E-state index contributed by atoms with van der Waals surface area (Å²) in [5.74, 6) is 0. The Balaban J connectivity index is 2.07. The van der Waals surface area contributed by atoms with E-state index in [1.54, 1.807) is 0 Å². The quantitative estimate of drug-likeness (QED) is 0.649. The van der Waals surface area contributed by atoms with Gasteiger partial charge in [0.2, 0.25) is 5.69 Å². The molecule has 2 heteroatoms. The van der Waals surface area contributed by atoms with E-state index in [2.05, 4.69) is 72.2 Å². The summed E-state index contributed by atoms with van der Waals surface area (Å²) >= 11 is 0. The zero-order valence-corrected chi connectivity index (χ0v) is 12.7. The number of aromatic nitrogens is 2. The largest absolute Gasteiger partial charge is 0.253 e. The van der Waals surface area contributed by atoms with Gasteiger partial charge in [-0.2, -0.15) is 0 Å². The number of pyridine rings is 2. The third kappa shape index (κ3) is 2.70. The molecule has 0 aliphatic rings. The van der Waals surface area contributed by atoms with Gasteiger partial charge in [0.1, 0.15) is 7.05 Å². The minimum absolute atomic E-state index is 1.02. The molecule has 0 N–H and O–H groups in total. The van der Waals surface area contributed by atoms with E-state index >= 15 is 0 Å². The molecule has 2 heterocycles. The highest BCUT2D eigenvalue weighted by atomic mass is 14.9. The van der Waals surface area contributed by atoms with E-state index in [-0.39, 0.29) is 0 Å². The Hall–Kier alpha value is -2.48. The van der Waals surface area contributed by atoms with Crippen LogP contribution >= 0.6 is 0 Å². The number of rotatable bonds is 2. The highest BCUT2D eigenvalue weighted by Gasteiger charge is 2.13. The van der Waals surface area contributed by atoms with Crippen molar-refractivity contribution in [2.24, 2.45) is 7.05 Å². The fraction of sp³-hybridized carbons (Fsp3) is 0.158. The number of nitrogens with zero attached hydrogens (tertiary/aromatic N) is 2. The highest BCUT2D eigenvalue weighted by Crippen LogP contribution is 2.22. The van der Waals surface area contributed by atoms with Crippen molar-refractivity contribution in [3.05, 3.63) is 72.1 Å². The molecule has 2 nitrogen and oxygen atoms in total. The molecule has 0 amide bonds. The van der Waals surface area contributed by atoms with Crippen molar-refractivity contribution in [1.82, 2.24) is 4.98 Å². The van der Waals surface area contributed by atoms with Gasteiger partial charge in [0.05, 0.1) is 11.3 Å². The van der Waals surface area contributed by atoms with E-state index < -0.39 is 0 Å². The molecule has 0 atom stereocenters. The van der Waals surface area contributed by atoms with Crippen LogP contribution in [0.2, 0.25) is 0 Å². The van der Waals surface area contributed by atoms with Crippen molar-refractivity contribution in [2.45, 2.75) is 13.8 Å². The van der Waals surface area contributed by atoms with Crippen molar-refractivity contribution in [3.63, 3.8) is 0 Å². The molecule has 0 saturated heterocycles. The van der Waals surface area contributed by atoms with E-state index in [1.807, 2.05) is 19.1 Å². The monoisotopic (exact) mass is 275 g/mol. The van der Waals surface area contributed by atoms with Crippen molar-refractivity contribution in [3.8, 4) is 22.5 Å². The van der Waals surface area contributed by atoms with Gasteiger partial charge in [-0.25, -0.2) is 4.57 Å². The lowest BCUT2D eigenvalue weighted by Crippen LogP contribution is -2.30. The zero-order valence-electron chi connectivity index (χ0n) is 12.7. The Morgan fingerprint density at radius 1 is 0.857 bits per heavy atom. The van der Waals surface area contributed by atoms with Crippen molar-refractivity contribution < 1.29 is 4.57 Å². The number of hydrogen-bond donors (Lipinski definition) is 0. The molecule has 0 saturated carbocycles. The van der Waals surface area contributed by atoms with Gasteiger partial charge < -0.3 is 0 Å². The van der Waals surface area contributed by atoms with Crippen LogP contribution in [0.25, 0.3) is 22.5 Å². The van der Waals surface area contributed by atoms with Crippen LogP contribution in [0, 0.1) is 13.8 Å². The van der Waals surface area contributed by atoms with Crippen LogP contribution in [0.3, 0.4) is 0 Å².